The maximum absolute atomic E-state index is 12.1. The Kier molecular flexibility index (Phi) is 4.00. The van der Waals surface area contributed by atoms with E-state index in [0.29, 0.717) is 13.0 Å². The van der Waals surface area contributed by atoms with Crippen LogP contribution in [-0.2, 0) is 9.59 Å². The molecule has 17 heavy (non-hydrogen) atoms. The molecule has 0 aromatic rings. The molecule has 1 heterocycles. The van der Waals surface area contributed by atoms with Crippen molar-refractivity contribution in [3.8, 4) is 0 Å². The first kappa shape index (κ1) is 14.2. The Labute approximate surface area is 105 Å². The van der Waals surface area contributed by atoms with Crippen molar-refractivity contribution in [2.45, 2.75) is 60.3 Å². The van der Waals surface area contributed by atoms with Crippen LogP contribution in [0.2, 0.25) is 0 Å². The molecule has 1 fully saturated rings. The standard InChI is InChI=1S/C14H25NO2/c1-6-7-8-13(2,3)10-15-11(16)9-14(4,5)12(15)17/h6-10H2,1-5H3. The molecular weight excluding hydrogens is 214 g/mol. The van der Waals surface area contributed by atoms with Crippen LogP contribution >= 0.6 is 0 Å². The van der Waals surface area contributed by atoms with Crippen LogP contribution in [0.5, 0.6) is 0 Å². The van der Waals surface area contributed by atoms with E-state index < -0.39 is 5.41 Å². The van der Waals surface area contributed by atoms with Gasteiger partial charge in [0.15, 0.2) is 0 Å². The van der Waals surface area contributed by atoms with E-state index in [1.165, 1.54) is 4.90 Å². The number of amides is 2. The van der Waals surface area contributed by atoms with Crippen LogP contribution < -0.4 is 0 Å². The molecule has 0 radical (unpaired) electrons. The lowest BCUT2D eigenvalue weighted by Crippen LogP contribution is -2.40. The lowest BCUT2D eigenvalue weighted by atomic mass is 9.86. The zero-order valence-corrected chi connectivity index (χ0v) is 11.8. The summed E-state index contributed by atoms with van der Waals surface area (Å²) in [5.74, 6) is -0.0170. The zero-order chi connectivity index (χ0) is 13.3. The summed E-state index contributed by atoms with van der Waals surface area (Å²) in [5, 5.41) is 0. The molecule has 3 nitrogen and oxygen atoms in total. The topological polar surface area (TPSA) is 37.4 Å². The minimum Gasteiger partial charge on any atom is -0.282 e. The second-order valence-corrected chi connectivity index (χ2v) is 6.61. The van der Waals surface area contributed by atoms with Crippen molar-refractivity contribution < 1.29 is 9.59 Å². The van der Waals surface area contributed by atoms with Gasteiger partial charge in [0, 0.05) is 13.0 Å². The van der Waals surface area contributed by atoms with Crippen LogP contribution in [-0.4, -0.2) is 23.3 Å². The molecular formula is C14H25NO2. The minimum atomic E-state index is -0.502. The van der Waals surface area contributed by atoms with E-state index in [0.717, 1.165) is 19.3 Å². The number of hydrogen-bond donors (Lipinski definition) is 0. The van der Waals surface area contributed by atoms with Crippen molar-refractivity contribution in [3.63, 3.8) is 0 Å². The van der Waals surface area contributed by atoms with Gasteiger partial charge < -0.3 is 0 Å². The van der Waals surface area contributed by atoms with Crippen molar-refractivity contribution in [2.75, 3.05) is 6.54 Å². The lowest BCUT2D eigenvalue weighted by molar-refractivity contribution is -0.142. The highest BCUT2D eigenvalue weighted by Gasteiger charge is 2.45. The number of imide groups is 1. The van der Waals surface area contributed by atoms with Crippen LogP contribution in [0.1, 0.15) is 60.3 Å². The van der Waals surface area contributed by atoms with Crippen LogP contribution in [0.3, 0.4) is 0 Å². The van der Waals surface area contributed by atoms with E-state index in [-0.39, 0.29) is 17.2 Å². The molecule has 0 aromatic heterocycles. The Morgan fingerprint density at radius 2 is 1.88 bits per heavy atom. The number of rotatable bonds is 5. The zero-order valence-electron chi connectivity index (χ0n) is 11.8. The fraction of sp³-hybridized carbons (Fsp3) is 0.857. The molecule has 0 aromatic carbocycles. The largest absolute Gasteiger partial charge is 0.282 e. The molecule has 0 bridgehead atoms. The number of carbonyl (C=O) groups is 2. The number of unbranched alkanes of at least 4 members (excludes halogenated alkanes) is 1. The summed E-state index contributed by atoms with van der Waals surface area (Å²) in [7, 11) is 0. The van der Waals surface area contributed by atoms with Crippen LogP contribution in [0, 0.1) is 10.8 Å². The van der Waals surface area contributed by atoms with Gasteiger partial charge in [-0.2, -0.15) is 0 Å². The first-order valence-electron chi connectivity index (χ1n) is 6.54. The average molecular weight is 239 g/mol. The van der Waals surface area contributed by atoms with E-state index in [4.69, 9.17) is 0 Å². The molecule has 2 amide bonds. The third kappa shape index (κ3) is 3.30. The predicted octanol–water partition coefficient (Wildman–Crippen LogP) is 2.99. The SMILES string of the molecule is CCCCC(C)(C)CN1C(=O)CC(C)(C)C1=O. The maximum Gasteiger partial charge on any atom is 0.235 e. The highest BCUT2D eigenvalue weighted by atomic mass is 16.2. The molecule has 1 aliphatic heterocycles. The summed E-state index contributed by atoms with van der Waals surface area (Å²) < 4.78 is 0. The second-order valence-electron chi connectivity index (χ2n) is 6.61. The van der Waals surface area contributed by atoms with Gasteiger partial charge in [0.2, 0.25) is 11.8 Å². The van der Waals surface area contributed by atoms with Crippen molar-refractivity contribution in [1.29, 1.82) is 0 Å². The van der Waals surface area contributed by atoms with Crippen molar-refractivity contribution >= 4 is 11.8 Å². The van der Waals surface area contributed by atoms with Gasteiger partial charge in [-0.1, -0.05) is 47.5 Å². The van der Waals surface area contributed by atoms with Gasteiger partial charge in [0.1, 0.15) is 0 Å². The third-order valence-electron chi connectivity index (χ3n) is 3.51. The number of likely N-dealkylation sites (tertiary alicyclic amines) is 1. The monoisotopic (exact) mass is 239 g/mol. The molecule has 0 N–H and O–H groups in total. The molecule has 0 spiro atoms. The van der Waals surface area contributed by atoms with Crippen LogP contribution in [0.15, 0.2) is 0 Å². The first-order chi connectivity index (χ1) is 7.69. The Morgan fingerprint density at radius 3 is 2.29 bits per heavy atom. The Morgan fingerprint density at radius 1 is 1.29 bits per heavy atom. The van der Waals surface area contributed by atoms with E-state index in [1.54, 1.807) is 0 Å². The highest BCUT2D eigenvalue weighted by Crippen LogP contribution is 2.35. The maximum atomic E-state index is 12.1. The molecule has 0 aliphatic carbocycles. The minimum absolute atomic E-state index is 0.00734. The van der Waals surface area contributed by atoms with E-state index in [2.05, 4.69) is 20.8 Å². The predicted molar refractivity (Wildman–Crippen MR) is 68.4 cm³/mol. The van der Waals surface area contributed by atoms with Gasteiger partial charge >= 0.3 is 0 Å². The van der Waals surface area contributed by atoms with Crippen molar-refractivity contribution in [1.82, 2.24) is 4.90 Å². The highest BCUT2D eigenvalue weighted by molar-refractivity contribution is 6.05. The normalized spacial score (nSPS) is 20.2. The van der Waals surface area contributed by atoms with Gasteiger partial charge in [0.05, 0.1) is 5.41 Å². The van der Waals surface area contributed by atoms with Crippen molar-refractivity contribution in [2.24, 2.45) is 10.8 Å². The molecule has 3 heteroatoms. The Hall–Kier alpha value is -0.860. The van der Waals surface area contributed by atoms with E-state index in [9.17, 15) is 9.59 Å². The van der Waals surface area contributed by atoms with E-state index >= 15 is 0 Å². The Bertz CT molecular complexity index is 318. The summed E-state index contributed by atoms with van der Waals surface area (Å²) in [6.07, 6.45) is 3.71. The summed E-state index contributed by atoms with van der Waals surface area (Å²) in [6, 6.07) is 0. The average Bonchev–Trinajstić information content (AvgIpc) is 2.38. The summed E-state index contributed by atoms with van der Waals surface area (Å²) in [4.78, 5) is 25.4. The van der Waals surface area contributed by atoms with Gasteiger partial charge in [-0.05, 0) is 11.8 Å². The quantitative estimate of drug-likeness (QED) is 0.692. The molecule has 0 saturated carbocycles. The summed E-state index contributed by atoms with van der Waals surface area (Å²) in [6.45, 7) is 10.7. The van der Waals surface area contributed by atoms with Gasteiger partial charge in [-0.25, -0.2) is 0 Å². The van der Waals surface area contributed by atoms with Gasteiger partial charge in [-0.15, -0.1) is 0 Å². The molecule has 1 aliphatic rings. The first-order valence-corrected chi connectivity index (χ1v) is 6.54. The summed E-state index contributed by atoms with van der Waals surface area (Å²) >= 11 is 0. The molecule has 0 unspecified atom stereocenters. The van der Waals surface area contributed by atoms with E-state index in [1.807, 2.05) is 13.8 Å². The fourth-order valence-corrected chi connectivity index (χ4v) is 2.35. The van der Waals surface area contributed by atoms with Crippen LogP contribution in [0.4, 0.5) is 0 Å². The summed E-state index contributed by atoms with van der Waals surface area (Å²) in [5.41, 5.74) is -0.473. The van der Waals surface area contributed by atoms with Gasteiger partial charge in [-0.3, -0.25) is 14.5 Å². The molecule has 1 rings (SSSR count). The molecule has 1 saturated heterocycles. The number of hydrogen-bond acceptors (Lipinski definition) is 2. The van der Waals surface area contributed by atoms with Crippen molar-refractivity contribution in [3.05, 3.63) is 0 Å². The third-order valence-corrected chi connectivity index (χ3v) is 3.51. The molecule has 98 valence electrons. The number of carbonyl (C=O) groups excluding carboxylic acids is 2. The lowest BCUT2D eigenvalue weighted by Gasteiger charge is -2.30. The van der Waals surface area contributed by atoms with Gasteiger partial charge in [0.25, 0.3) is 0 Å². The Balaban J connectivity index is 2.69. The van der Waals surface area contributed by atoms with Crippen LogP contribution in [0.25, 0.3) is 0 Å². The smallest absolute Gasteiger partial charge is 0.235 e. The number of nitrogens with zero attached hydrogens (tertiary/aromatic N) is 1. The second kappa shape index (κ2) is 4.79. The molecule has 0 atom stereocenters. The fourth-order valence-electron chi connectivity index (χ4n) is 2.35.